The second-order valence-corrected chi connectivity index (χ2v) is 6.95. The zero-order valence-electron chi connectivity index (χ0n) is 16.2. The number of benzene rings is 2. The highest BCUT2D eigenvalue weighted by Crippen LogP contribution is 2.15. The minimum Gasteiger partial charge on any atom is -0.497 e. The van der Waals surface area contributed by atoms with Crippen LogP contribution in [0.2, 0.25) is 5.02 Å². The molecule has 146 valence electrons. The highest BCUT2D eigenvalue weighted by molar-refractivity contribution is 6.30. The number of aromatic nitrogens is 2. The van der Waals surface area contributed by atoms with E-state index in [-0.39, 0.29) is 0 Å². The average molecular weight is 397 g/mol. The van der Waals surface area contributed by atoms with Crippen molar-refractivity contribution in [1.82, 2.24) is 9.97 Å². The molecule has 1 heterocycles. The Hall–Kier alpha value is -2.79. The predicted octanol–water partition coefficient (Wildman–Crippen LogP) is 4.76. The van der Waals surface area contributed by atoms with Crippen LogP contribution in [-0.4, -0.2) is 30.2 Å². The number of nitrogens with one attached hydrogen (secondary N) is 2. The molecule has 0 unspecified atom stereocenters. The second-order valence-electron chi connectivity index (χ2n) is 6.52. The molecule has 28 heavy (non-hydrogen) atoms. The Kier molecular flexibility index (Phi) is 7.09. The molecule has 6 heteroatoms. The molecular formula is C22H25ClN4O. The maximum atomic E-state index is 6.03. The zero-order chi connectivity index (χ0) is 19.8. The van der Waals surface area contributed by atoms with Crippen molar-refractivity contribution in [2.45, 2.75) is 19.8 Å². The summed E-state index contributed by atoms with van der Waals surface area (Å²) in [5, 5.41) is 7.51. The molecule has 0 aliphatic rings. The fourth-order valence-electron chi connectivity index (χ4n) is 2.90. The third-order valence-electron chi connectivity index (χ3n) is 4.33. The van der Waals surface area contributed by atoms with E-state index >= 15 is 0 Å². The van der Waals surface area contributed by atoms with Crippen molar-refractivity contribution in [3.63, 3.8) is 0 Å². The van der Waals surface area contributed by atoms with Gasteiger partial charge in [-0.3, -0.25) is 0 Å². The van der Waals surface area contributed by atoms with Crippen molar-refractivity contribution >= 4 is 23.2 Å². The summed E-state index contributed by atoms with van der Waals surface area (Å²) < 4.78 is 5.19. The highest BCUT2D eigenvalue weighted by atomic mass is 35.5. The van der Waals surface area contributed by atoms with E-state index in [1.165, 1.54) is 11.1 Å². The quantitative estimate of drug-likeness (QED) is 0.546. The van der Waals surface area contributed by atoms with Crippen LogP contribution in [0.5, 0.6) is 5.75 Å². The van der Waals surface area contributed by atoms with Crippen LogP contribution in [0.4, 0.5) is 11.6 Å². The van der Waals surface area contributed by atoms with Crippen LogP contribution in [0.25, 0.3) is 0 Å². The highest BCUT2D eigenvalue weighted by Gasteiger charge is 2.03. The number of rotatable bonds is 9. The maximum Gasteiger partial charge on any atom is 0.131 e. The maximum absolute atomic E-state index is 6.03. The van der Waals surface area contributed by atoms with Crippen LogP contribution < -0.4 is 15.4 Å². The molecule has 0 radical (unpaired) electrons. The number of ether oxygens (including phenoxy) is 1. The number of anilines is 2. The SMILES string of the molecule is COc1ccc(CCNc2cc(NCCc3cccc(Cl)c3)nc(C)n2)cc1. The van der Waals surface area contributed by atoms with Gasteiger partial charge in [0.1, 0.15) is 23.2 Å². The zero-order valence-corrected chi connectivity index (χ0v) is 17.0. The van der Waals surface area contributed by atoms with Crippen molar-refractivity contribution in [2.24, 2.45) is 0 Å². The fourth-order valence-corrected chi connectivity index (χ4v) is 3.12. The normalized spacial score (nSPS) is 10.5. The monoisotopic (exact) mass is 396 g/mol. The van der Waals surface area contributed by atoms with Crippen molar-refractivity contribution in [3.05, 3.63) is 76.6 Å². The Balaban J connectivity index is 1.50. The van der Waals surface area contributed by atoms with Gasteiger partial charge in [-0.15, -0.1) is 0 Å². The Morgan fingerprint density at radius 3 is 2.11 bits per heavy atom. The summed E-state index contributed by atoms with van der Waals surface area (Å²) in [6.07, 6.45) is 1.79. The lowest BCUT2D eigenvalue weighted by atomic mass is 10.1. The van der Waals surface area contributed by atoms with E-state index in [1.807, 2.05) is 43.3 Å². The molecule has 0 saturated heterocycles. The molecule has 0 aliphatic carbocycles. The average Bonchev–Trinajstić information content (AvgIpc) is 2.68. The lowest BCUT2D eigenvalue weighted by Gasteiger charge is -2.11. The topological polar surface area (TPSA) is 59.1 Å². The van der Waals surface area contributed by atoms with Crippen LogP contribution in [-0.2, 0) is 12.8 Å². The first-order chi connectivity index (χ1) is 13.6. The van der Waals surface area contributed by atoms with Crippen molar-refractivity contribution in [2.75, 3.05) is 30.8 Å². The van der Waals surface area contributed by atoms with Gasteiger partial charge in [-0.05, 0) is 55.2 Å². The molecule has 0 saturated carbocycles. The molecule has 0 amide bonds. The largest absolute Gasteiger partial charge is 0.497 e. The van der Waals surface area contributed by atoms with Crippen molar-refractivity contribution in [3.8, 4) is 5.75 Å². The molecule has 3 rings (SSSR count). The lowest BCUT2D eigenvalue weighted by Crippen LogP contribution is -2.11. The summed E-state index contributed by atoms with van der Waals surface area (Å²) in [6.45, 7) is 3.48. The Morgan fingerprint density at radius 2 is 1.50 bits per heavy atom. The van der Waals surface area contributed by atoms with Gasteiger partial charge in [-0.2, -0.15) is 0 Å². The van der Waals surface area contributed by atoms with Crippen LogP contribution in [0, 0.1) is 6.92 Å². The standard InChI is InChI=1S/C22H25ClN4O/c1-16-26-21(24-12-10-17-6-8-20(28-2)9-7-17)15-22(27-16)25-13-11-18-4-3-5-19(23)14-18/h3-9,14-15H,10-13H2,1-2H3,(H2,24,25,26,27). The second kappa shape index (κ2) is 9.95. The number of halogens is 1. The van der Waals surface area contributed by atoms with E-state index in [0.717, 1.165) is 54.2 Å². The minimum atomic E-state index is 0.736. The molecule has 1 aromatic heterocycles. The summed E-state index contributed by atoms with van der Waals surface area (Å²) in [4.78, 5) is 8.94. The van der Waals surface area contributed by atoms with E-state index in [2.05, 4.69) is 38.8 Å². The van der Waals surface area contributed by atoms with Gasteiger partial charge in [-0.1, -0.05) is 35.9 Å². The Morgan fingerprint density at radius 1 is 0.857 bits per heavy atom. The van der Waals surface area contributed by atoms with Gasteiger partial charge >= 0.3 is 0 Å². The first-order valence-corrected chi connectivity index (χ1v) is 9.71. The summed E-state index contributed by atoms with van der Waals surface area (Å²) in [5.41, 5.74) is 2.45. The van der Waals surface area contributed by atoms with Gasteiger partial charge in [0.2, 0.25) is 0 Å². The molecule has 2 aromatic carbocycles. The molecule has 5 nitrogen and oxygen atoms in total. The summed E-state index contributed by atoms with van der Waals surface area (Å²) in [5.74, 6) is 3.25. The molecule has 0 bridgehead atoms. The number of methoxy groups -OCH3 is 1. The van der Waals surface area contributed by atoms with E-state index in [0.29, 0.717) is 0 Å². The molecular weight excluding hydrogens is 372 g/mol. The van der Waals surface area contributed by atoms with Gasteiger partial charge in [-0.25, -0.2) is 9.97 Å². The fraction of sp³-hybridized carbons (Fsp3) is 0.273. The first-order valence-electron chi connectivity index (χ1n) is 9.33. The third kappa shape index (κ3) is 6.13. The smallest absolute Gasteiger partial charge is 0.131 e. The number of nitrogens with zero attached hydrogens (tertiary/aromatic N) is 2. The Bertz CT molecular complexity index is 899. The summed E-state index contributed by atoms with van der Waals surface area (Å²) >= 11 is 6.03. The molecule has 0 fully saturated rings. The summed E-state index contributed by atoms with van der Waals surface area (Å²) in [6, 6.07) is 18.0. The Labute approximate surface area is 171 Å². The number of hydrogen-bond acceptors (Lipinski definition) is 5. The lowest BCUT2D eigenvalue weighted by molar-refractivity contribution is 0.414. The van der Waals surface area contributed by atoms with Gasteiger partial charge in [0.25, 0.3) is 0 Å². The molecule has 3 aromatic rings. The molecule has 0 atom stereocenters. The minimum absolute atomic E-state index is 0.736. The van der Waals surface area contributed by atoms with E-state index in [1.54, 1.807) is 7.11 Å². The molecule has 0 spiro atoms. The third-order valence-corrected chi connectivity index (χ3v) is 4.56. The first kappa shape index (κ1) is 20.0. The van der Waals surface area contributed by atoms with E-state index in [9.17, 15) is 0 Å². The number of aryl methyl sites for hydroxylation is 1. The van der Waals surface area contributed by atoms with Crippen LogP contribution >= 0.6 is 11.6 Å². The molecule has 0 aliphatic heterocycles. The van der Waals surface area contributed by atoms with Gasteiger partial charge in [0, 0.05) is 24.2 Å². The van der Waals surface area contributed by atoms with E-state index in [4.69, 9.17) is 16.3 Å². The van der Waals surface area contributed by atoms with Gasteiger partial charge in [0.05, 0.1) is 7.11 Å². The van der Waals surface area contributed by atoms with E-state index < -0.39 is 0 Å². The van der Waals surface area contributed by atoms with Crippen LogP contribution in [0.1, 0.15) is 17.0 Å². The predicted molar refractivity (Wildman–Crippen MR) is 116 cm³/mol. The number of hydrogen-bond donors (Lipinski definition) is 2. The summed E-state index contributed by atoms with van der Waals surface area (Å²) in [7, 11) is 1.68. The van der Waals surface area contributed by atoms with Gasteiger partial charge < -0.3 is 15.4 Å². The molecule has 2 N–H and O–H groups in total. The van der Waals surface area contributed by atoms with Crippen molar-refractivity contribution < 1.29 is 4.74 Å². The van der Waals surface area contributed by atoms with Crippen LogP contribution in [0.15, 0.2) is 54.6 Å². The van der Waals surface area contributed by atoms with Crippen LogP contribution in [0.3, 0.4) is 0 Å². The van der Waals surface area contributed by atoms with Gasteiger partial charge in [0.15, 0.2) is 0 Å². The van der Waals surface area contributed by atoms with Crippen molar-refractivity contribution in [1.29, 1.82) is 0 Å².